The molecule has 0 amide bonds. The molecule has 1 N–H and O–H groups in total. The van der Waals surface area contributed by atoms with Gasteiger partial charge in [0.1, 0.15) is 13.2 Å². The van der Waals surface area contributed by atoms with Gasteiger partial charge in [-0.05, 0) is 32.5 Å². The van der Waals surface area contributed by atoms with E-state index in [1.54, 1.807) is 0 Å². The third-order valence-corrected chi connectivity index (χ3v) is 4.93. The van der Waals surface area contributed by atoms with Gasteiger partial charge in [-0.2, -0.15) is 0 Å². The van der Waals surface area contributed by atoms with Crippen molar-refractivity contribution in [2.45, 2.75) is 36.5 Å². The van der Waals surface area contributed by atoms with Crippen molar-refractivity contribution in [2.75, 3.05) is 20.3 Å². The summed E-state index contributed by atoms with van der Waals surface area (Å²) < 4.78 is 23.5. The molecule has 0 bridgehead atoms. The van der Waals surface area contributed by atoms with Gasteiger partial charge in [0.05, 0.1) is 10.8 Å². The van der Waals surface area contributed by atoms with E-state index >= 15 is 0 Å². The largest absolute Gasteiger partial charge is 0.486 e. The summed E-state index contributed by atoms with van der Waals surface area (Å²) >= 11 is 0. The van der Waals surface area contributed by atoms with Gasteiger partial charge >= 0.3 is 0 Å². The summed E-state index contributed by atoms with van der Waals surface area (Å²) in [6.45, 7) is 5.24. The molecule has 4 nitrogen and oxygen atoms in total. The fourth-order valence-corrected chi connectivity index (χ4v) is 3.44. The molecule has 1 aliphatic heterocycles. The van der Waals surface area contributed by atoms with Gasteiger partial charge in [-0.25, -0.2) is 0 Å². The molecule has 1 heterocycles. The van der Waals surface area contributed by atoms with Crippen molar-refractivity contribution in [3.05, 3.63) is 18.2 Å². The average Bonchev–Trinajstić information content (AvgIpc) is 2.45. The maximum absolute atomic E-state index is 12.5. The zero-order chi connectivity index (χ0) is 13.8. The van der Waals surface area contributed by atoms with Crippen LogP contribution in [0.2, 0.25) is 0 Å². The van der Waals surface area contributed by atoms with E-state index in [0.717, 1.165) is 17.1 Å². The summed E-state index contributed by atoms with van der Waals surface area (Å²) in [5, 5.41) is 3.27. The lowest BCUT2D eigenvalue weighted by Gasteiger charge is -2.20. The van der Waals surface area contributed by atoms with Gasteiger partial charge < -0.3 is 14.8 Å². The highest BCUT2D eigenvalue weighted by Gasteiger charge is 2.19. The van der Waals surface area contributed by atoms with Gasteiger partial charge in [-0.15, -0.1) is 0 Å². The predicted molar refractivity (Wildman–Crippen MR) is 76.4 cm³/mol. The highest BCUT2D eigenvalue weighted by molar-refractivity contribution is 7.85. The average molecular weight is 283 g/mol. The summed E-state index contributed by atoms with van der Waals surface area (Å²) in [5.41, 5.74) is 0. The Bertz CT molecular complexity index is 464. The Morgan fingerprint density at radius 3 is 2.63 bits per heavy atom. The van der Waals surface area contributed by atoms with Crippen LogP contribution in [0, 0.1) is 0 Å². The van der Waals surface area contributed by atoms with Crippen LogP contribution in [0.4, 0.5) is 0 Å². The van der Waals surface area contributed by atoms with Crippen LogP contribution < -0.4 is 14.8 Å². The summed E-state index contributed by atoms with van der Waals surface area (Å²) in [5.74, 6) is 1.44. The van der Waals surface area contributed by atoms with Crippen LogP contribution in [0.5, 0.6) is 11.5 Å². The molecule has 106 valence electrons. The van der Waals surface area contributed by atoms with E-state index in [0.29, 0.717) is 25.0 Å². The van der Waals surface area contributed by atoms with Crippen molar-refractivity contribution in [3.8, 4) is 11.5 Å². The maximum Gasteiger partial charge on any atom is 0.162 e. The molecule has 0 aliphatic carbocycles. The predicted octanol–water partition coefficient (Wildman–Crippen LogP) is 1.95. The standard InChI is InChI=1S/C14H21NO3S/c1-10(15-3)8-11(2)19(16)12-4-5-13-14(9-12)18-7-6-17-13/h4-5,9-11,15H,6-8H2,1-3H3. The minimum Gasteiger partial charge on any atom is -0.486 e. The Kier molecular flexibility index (Phi) is 4.82. The minimum absolute atomic E-state index is 0.102. The first-order valence-electron chi connectivity index (χ1n) is 6.59. The second-order valence-corrected chi connectivity index (χ2v) is 6.71. The zero-order valence-electron chi connectivity index (χ0n) is 11.6. The lowest BCUT2D eigenvalue weighted by Crippen LogP contribution is -2.27. The Hall–Kier alpha value is -1.07. The first-order chi connectivity index (χ1) is 9.11. The van der Waals surface area contributed by atoms with Crippen LogP contribution >= 0.6 is 0 Å². The minimum atomic E-state index is -1.02. The number of fused-ring (bicyclic) bond motifs is 1. The molecule has 19 heavy (non-hydrogen) atoms. The van der Waals surface area contributed by atoms with Crippen molar-refractivity contribution >= 4 is 10.8 Å². The van der Waals surface area contributed by atoms with E-state index in [9.17, 15) is 4.21 Å². The molecule has 2 rings (SSSR count). The van der Waals surface area contributed by atoms with E-state index in [4.69, 9.17) is 9.47 Å². The highest BCUT2D eigenvalue weighted by Crippen LogP contribution is 2.32. The number of rotatable bonds is 5. The highest BCUT2D eigenvalue weighted by atomic mass is 32.2. The van der Waals surface area contributed by atoms with Crippen LogP contribution in [0.15, 0.2) is 23.1 Å². The van der Waals surface area contributed by atoms with Gasteiger partial charge in [-0.3, -0.25) is 4.21 Å². The Balaban J connectivity index is 2.10. The quantitative estimate of drug-likeness (QED) is 0.897. The number of hydrogen-bond donors (Lipinski definition) is 1. The van der Waals surface area contributed by atoms with E-state index in [1.807, 2.05) is 32.2 Å². The van der Waals surface area contributed by atoms with Crippen molar-refractivity contribution in [1.29, 1.82) is 0 Å². The second kappa shape index (κ2) is 6.39. The topological polar surface area (TPSA) is 47.6 Å². The van der Waals surface area contributed by atoms with Crippen LogP contribution in [0.3, 0.4) is 0 Å². The van der Waals surface area contributed by atoms with E-state index in [2.05, 4.69) is 12.2 Å². The first-order valence-corrected chi connectivity index (χ1v) is 7.80. The fraction of sp³-hybridized carbons (Fsp3) is 0.571. The van der Waals surface area contributed by atoms with Gasteiger partial charge in [0.15, 0.2) is 11.5 Å². The molecule has 0 saturated heterocycles. The van der Waals surface area contributed by atoms with E-state index < -0.39 is 10.8 Å². The molecule has 1 aromatic carbocycles. The molecule has 0 saturated carbocycles. The molecule has 3 unspecified atom stereocenters. The van der Waals surface area contributed by atoms with Gasteiger partial charge in [0.2, 0.25) is 0 Å². The van der Waals surface area contributed by atoms with Crippen LogP contribution in [0.1, 0.15) is 20.3 Å². The lowest BCUT2D eigenvalue weighted by molar-refractivity contribution is 0.171. The van der Waals surface area contributed by atoms with Gasteiger partial charge in [0, 0.05) is 22.3 Å². The normalized spacial score (nSPS) is 18.7. The number of ether oxygens (including phenoxy) is 2. The number of hydrogen-bond acceptors (Lipinski definition) is 4. The smallest absolute Gasteiger partial charge is 0.162 e. The number of nitrogens with one attached hydrogen (secondary N) is 1. The van der Waals surface area contributed by atoms with E-state index in [1.165, 1.54) is 0 Å². The molecule has 0 radical (unpaired) electrons. The lowest BCUT2D eigenvalue weighted by atomic mass is 10.2. The summed E-state index contributed by atoms with van der Waals surface area (Å²) in [6.07, 6.45) is 0.873. The van der Waals surface area contributed by atoms with Crippen molar-refractivity contribution in [2.24, 2.45) is 0 Å². The molecule has 1 aromatic rings. The van der Waals surface area contributed by atoms with Crippen molar-refractivity contribution < 1.29 is 13.7 Å². The monoisotopic (exact) mass is 283 g/mol. The Morgan fingerprint density at radius 1 is 1.26 bits per heavy atom. The molecular weight excluding hydrogens is 262 g/mol. The SMILES string of the molecule is CNC(C)CC(C)S(=O)c1ccc2c(c1)OCCO2. The molecule has 3 atom stereocenters. The molecular formula is C14H21NO3S. The molecule has 0 aromatic heterocycles. The van der Waals surface area contributed by atoms with Gasteiger partial charge in [-0.1, -0.05) is 6.92 Å². The molecule has 5 heteroatoms. The number of benzene rings is 1. The summed E-state index contributed by atoms with van der Waals surface area (Å²) in [7, 11) is 0.897. The van der Waals surface area contributed by atoms with Gasteiger partial charge in [0.25, 0.3) is 0 Å². The van der Waals surface area contributed by atoms with Crippen molar-refractivity contribution in [1.82, 2.24) is 5.32 Å². The zero-order valence-corrected chi connectivity index (χ0v) is 12.5. The molecule has 0 spiro atoms. The van der Waals surface area contributed by atoms with E-state index in [-0.39, 0.29) is 5.25 Å². The summed E-state index contributed by atoms with van der Waals surface area (Å²) in [6, 6.07) is 5.90. The van der Waals surface area contributed by atoms with Crippen molar-refractivity contribution in [3.63, 3.8) is 0 Å². The Labute approximate surface area is 116 Å². The van der Waals surface area contributed by atoms with Crippen LogP contribution in [-0.4, -0.2) is 35.8 Å². The second-order valence-electron chi connectivity index (χ2n) is 4.84. The van der Waals surface area contributed by atoms with Crippen LogP contribution in [-0.2, 0) is 10.8 Å². The summed E-state index contributed by atoms with van der Waals surface area (Å²) in [4.78, 5) is 0.806. The first kappa shape index (κ1) is 14.3. The maximum atomic E-state index is 12.5. The third-order valence-electron chi connectivity index (χ3n) is 3.29. The fourth-order valence-electron chi connectivity index (χ4n) is 2.08. The van der Waals surface area contributed by atoms with Crippen LogP contribution in [0.25, 0.3) is 0 Å². The third kappa shape index (κ3) is 3.48. The molecule has 0 fully saturated rings. The Morgan fingerprint density at radius 2 is 1.95 bits per heavy atom. The molecule has 1 aliphatic rings.